The molecular formula is C17H22N2O2. The van der Waals surface area contributed by atoms with Crippen LogP contribution in [0.3, 0.4) is 0 Å². The summed E-state index contributed by atoms with van der Waals surface area (Å²) < 4.78 is 0. The lowest BCUT2D eigenvalue weighted by Gasteiger charge is -2.20. The number of anilines is 1. The molecule has 2 N–H and O–H groups in total. The molecule has 1 fully saturated rings. The van der Waals surface area contributed by atoms with Crippen LogP contribution in [0.2, 0.25) is 0 Å². The number of benzene rings is 1. The predicted octanol–water partition coefficient (Wildman–Crippen LogP) is 2.42. The summed E-state index contributed by atoms with van der Waals surface area (Å²) in [5, 5.41) is 5.89. The van der Waals surface area contributed by atoms with Gasteiger partial charge in [-0.2, -0.15) is 0 Å². The fourth-order valence-corrected chi connectivity index (χ4v) is 3.28. The number of carbonyl (C=O) groups excluding carboxylic acids is 2. The number of nitrogens with one attached hydrogen (secondary N) is 2. The number of fused-ring (bicyclic) bond motifs is 1. The average Bonchev–Trinajstić information content (AvgIpc) is 2.87. The van der Waals surface area contributed by atoms with Crippen molar-refractivity contribution in [3.05, 3.63) is 29.3 Å². The van der Waals surface area contributed by atoms with E-state index in [1.165, 1.54) is 24.8 Å². The summed E-state index contributed by atoms with van der Waals surface area (Å²) in [6.45, 7) is 0.676. The summed E-state index contributed by atoms with van der Waals surface area (Å²) in [4.78, 5) is 23.4. The Labute approximate surface area is 125 Å². The third-order valence-electron chi connectivity index (χ3n) is 4.48. The summed E-state index contributed by atoms with van der Waals surface area (Å²) in [7, 11) is 0. The number of amides is 2. The van der Waals surface area contributed by atoms with Crippen molar-refractivity contribution >= 4 is 17.5 Å². The van der Waals surface area contributed by atoms with Gasteiger partial charge < -0.3 is 10.6 Å². The van der Waals surface area contributed by atoms with Crippen LogP contribution < -0.4 is 10.6 Å². The largest absolute Gasteiger partial charge is 0.356 e. The van der Waals surface area contributed by atoms with Crippen LogP contribution in [-0.2, 0) is 22.4 Å². The molecule has 0 radical (unpaired) electrons. The van der Waals surface area contributed by atoms with Crippen molar-refractivity contribution in [2.75, 3.05) is 11.9 Å². The molecule has 4 heteroatoms. The highest BCUT2D eigenvalue weighted by Crippen LogP contribution is 2.25. The Bertz CT molecular complexity index is 548. The van der Waals surface area contributed by atoms with E-state index in [2.05, 4.69) is 16.7 Å². The van der Waals surface area contributed by atoms with E-state index in [9.17, 15) is 9.59 Å². The minimum atomic E-state index is 0.0627. The Morgan fingerprint density at radius 1 is 1.24 bits per heavy atom. The van der Waals surface area contributed by atoms with Crippen molar-refractivity contribution in [1.29, 1.82) is 0 Å². The van der Waals surface area contributed by atoms with Gasteiger partial charge in [0.15, 0.2) is 0 Å². The minimum Gasteiger partial charge on any atom is -0.356 e. The molecule has 112 valence electrons. The van der Waals surface area contributed by atoms with Gasteiger partial charge in [0.25, 0.3) is 0 Å². The first-order valence-corrected chi connectivity index (χ1v) is 7.92. The topological polar surface area (TPSA) is 58.2 Å². The Hall–Kier alpha value is -1.84. The van der Waals surface area contributed by atoms with Gasteiger partial charge in [-0.3, -0.25) is 9.59 Å². The molecule has 2 aliphatic rings. The molecule has 0 spiro atoms. The van der Waals surface area contributed by atoms with Gasteiger partial charge in [-0.25, -0.2) is 0 Å². The van der Waals surface area contributed by atoms with Crippen molar-refractivity contribution < 1.29 is 9.59 Å². The highest BCUT2D eigenvalue weighted by Gasteiger charge is 2.20. The number of hydrogen-bond donors (Lipinski definition) is 2. The maximum absolute atomic E-state index is 12.1. The SMILES string of the molecule is O=C1Cc2cc(CCNC(=O)C3CCCCC3)ccc2N1. The molecule has 0 saturated heterocycles. The van der Waals surface area contributed by atoms with E-state index in [1.54, 1.807) is 0 Å². The zero-order valence-electron chi connectivity index (χ0n) is 12.3. The van der Waals surface area contributed by atoms with Crippen LogP contribution in [0.25, 0.3) is 0 Å². The highest BCUT2D eigenvalue weighted by molar-refractivity contribution is 5.99. The predicted molar refractivity (Wildman–Crippen MR) is 82.1 cm³/mol. The Morgan fingerprint density at radius 2 is 2.05 bits per heavy atom. The van der Waals surface area contributed by atoms with Gasteiger partial charge >= 0.3 is 0 Å². The van der Waals surface area contributed by atoms with Gasteiger partial charge in [-0.05, 0) is 36.5 Å². The van der Waals surface area contributed by atoms with Gasteiger partial charge in [0, 0.05) is 18.2 Å². The maximum atomic E-state index is 12.1. The molecule has 1 aliphatic carbocycles. The summed E-state index contributed by atoms with van der Waals surface area (Å²) in [5.41, 5.74) is 3.17. The van der Waals surface area contributed by atoms with Gasteiger partial charge in [0.1, 0.15) is 0 Å². The molecule has 1 saturated carbocycles. The fraction of sp³-hybridized carbons (Fsp3) is 0.529. The van der Waals surface area contributed by atoms with Crippen LogP contribution in [0.4, 0.5) is 5.69 Å². The molecular weight excluding hydrogens is 264 g/mol. The second-order valence-corrected chi connectivity index (χ2v) is 6.09. The highest BCUT2D eigenvalue weighted by atomic mass is 16.2. The minimum absolute atomic E-state index is 0.0627. The van der Waals surface area contributed by atoms with Gasteiger partial charge in [0.2, 0.25) is 11.8 Å². The van der Waals surface area contributed by atoms with E-state index in [-0.39, 0.29) is 17.7 Å². The first-order chi connectivity index (χ1) is 10.2. The second-order valence-electron chi connectivity index (χ2n) is 6.09. The molecule has 2 amide bonds. The first kappa shape index (κ1) is 14.1. The number of carbonyl (C=O) groups is 2. The van der Waals surface area contributed by atoms with Crippen molar-refractivity contribution in [1.82, 2.24) is 5.32 Å². The molecule has 1 aliphatic heterocycles. The van der Waals surface area contributed by atoms with Crippen LogP contribution in [0, 0.1) is 5.92 Å². The van der Waals surface area contributed by atoms with E-state index in [0.29, 0.717) is 13.0 Å². The Kier molecular flexibility index (Phi) is 4.23. The Balaban J connectivity index is 1.48. The zero-order valence-corrected chi connectivity index (χ0v) is 12.3. The second kappa shape index (κ2) is 6.29. The number of hydrogen-bond acceptors (Lipinski definition) is 2. The lowest BCUT2D eigenvalue weighted by atomic mass is 9.88. The van der Waals surface area contributed by atoms with Gasteiger partial charge in [0.05, 0.1) is 6.42 Å². The third-order valence-corrected chi connectivity index (χ3v) is 4.48. The summed E-state index contributed by atoms with van der Waals surface area (Å²) in [5.74, 6) is 0.501. The monoisotopic (exact) mass is 286 g/mol. The molecule has 0 aromatic heterocycles. The van der Waals surface area contributed by atoms with E-state index in [4.69, 9.17) is 0 Å². The zero-order chi connectivity index (χ0) is 14.7. The summed E-state index contributed by atoms with van der Waals surface area (Å²) in [6.07, 6.45) is 7.01. The van der Waals surface area contributed by atoms with Crippen molar-refractivity contribution in [3.63, 3.8) is 0 Å². The van der Waals surface area contributed by atoms with Crippen molar-refractivity contribution in [3.8, 4) is 0 Å². The van der Waals surface area contributed by atoms with E-state index < -0.39 is 0 Å². The molecule has 21 heavy (non-hydrogen) atoms. The first-order valence-electron chi connectivity index (χ1n) is 7.92. The van der Waals surface area contributed by atoms with Gasteiger partial charge in [-0.1, -0.05) is 31.4 Å². The molecule has 0 atom stereocenters. The van der Waals surface area contributed by atoms with Crippen molar-refractivity contribution in [2.45, 2.75) is 44.9 Å². The molecule has 0 bridgehead atoms. The maximum Gasteiger partial charge on any atom is 0.228 e. The fourth-order valence-electron chi connectivity index (χ4n) is 3.28. The summed E-state index contributed by atoms with van der Waals surface area (Å²) in [6, 6.07) is 6.05. The lowest BCUT2D eigenvalue weighted by molar-refractivity contribution is -0.125. The summed E-state index contributed by atoms with van der Waals surface area (Å²) >= 11 is 0. The quantitative estimate of drug-likeness (QED) is 0.893. The van der Waals surface area contributed by atoms with Crippen LogP contribution in [-0.4, -0.2) is 18.4 Å². The molecule has 1 heterocycles. The number of rotatable bonds is 4. The smallest absolute Gasteiger partial charge is 0.228 e. The van der Waals surface area contributed by atoms with Crippen LogP contribution in [0.15, 0.2) is 18.2 Å². The van der Waals surface area contributed by atoms with Crippen molar-refractivity contribution in [2.24, 2.45) is 5.92 Å². The average molecular weight is 286 g/mol. The lowest BCUT2D eigenvalue weighted by Crippen LogP contribution is -2.33. The third kappa shape index (κ3) is 3.43. The normalized spacial score (nSPS) is 18.2. The molecule has 0 unspecified atom stereocenters. The molecule has 4 nitrogen and oxygen atoms in total. The van der Waals surface area contributed by atoms with Crippen LogP contribution >= 0.6 is 0 Å². The standard InChI is InChI=1S/C17H22N2O2/c20-16-11-14-10-12(6-7-15(14)19-16)8-9-18-17(21)13-4-2-1-3-5-13/h6-7,10,13H,1-5,8-9,11H2,(H,18,21)(H,19,20). The molecule has 1 aromatic rings. The van der Waals surface area contributed by atoms with E-state index in [0.717, 1.165) is 30.5 Å². The van der Waals surface area contributed by atoms with E-state index >= 15 is 0 Å². The Morgan fingerprint density at radius 3 is 2.86 bits per heavy atom. The van der Waals surface area contributed by atoms with E-state index in [1.807, 2.05) is 12.1 Å². The van der Waals surface area contributed by atoms with Crippen LogP contribution in [0.5, 0.6) is 0 Å². The van der Waals surface area contributed by atoms with Gasteiger partial charge in [-0.15, -0.1) is 0 Å². The molecule has 3 rings (SSSR count). The van der Waals surface area contributed by atoms with Crippen LogP contribution in [0.1, 0.15) is 43.2 Å². The molecule has 1 aromatic carbocycles.